The molecule has 1 saturated carbocycles. The van der Waals surface area contributed by atoms with E-state index >= 15 is 0 Å². The summed E-state index contributed by atoms with van der Waals surface area (Å²) in [5.41, 5.74) is 5.16. The lowest BCUT2D eigenvalue weighted by atomic mass is 9.72. The first kappa shape index (κ1) is 18.7. The van der Waals surface area contributed by atoms with E-state index in [4.69, 9.17) is 10.5 Å². The second-order valence-electron chi connectivity index (χ2n) is 6.70. The van der Waals surface area contributed by atoms with Crippen LogP contribution in [0.15, 0.2) is 0 Å². The SMILES string of the molecule is CC1(CNC(=O)C2(CN)CCOCC2)CCCCC1O.Cl. The van der Waals surface area contributed by atoms with Crippen molar-refractivity contribution in [2.75, 3.05) is 26.3 Å². The maximum absolute atomic E-state index is 12.5. The van der Waals surface area contributed by atoms with Crippen LogP contribution in [0.25, 0.3) is 0 Å². The molecule has 1 amide bonds. The summed E-state index contributed by atoms with van der Waals surface area (Å²) in [7, 11) is 0. The van der Waals surface area contributed by atoms with Crippen LogP contribution in [0, 0.1) is 10.8 Å². The second-order valence-corrected chi connectivity index (χ2v) is 6.70. The summed E-state index contributed by atoms with van der Waals surface area (Å²) >= 11 is 0. The highest BCUT2D eigenvalue weighted by Crippen LogP contribution is 2.36. The zero-order chi connectivity index (χ0) is 14.6. The highest BCUT2D eigenvalue weighted by molar-refractivity contribution is 5.85. The molecule has 6 heteroatoms. The molecule has 124 valence electrons. The van der Waals surface area contributed by atoms with Crippen LogP contribution in [-0.2, 0) is 9.53 Å². The monoisotopic (exact) mass is 320 g/mol. The van der Waals surface area contributed by atoms with Gasteiger partial charge < -0.3 is 20.9 Å². The van der Waals surface area contributed by atoms with Crippen molar-refractivity contribution >= 4 is 18.3 Å². The Balaban J connectivity index is 0.00000220. The highest BCUT2D eigenvalue weighted by atomic mass is 35.5. The molecule has 2 unspecified atom stereocenters. The van der Waals surface area contributed by atoms with Crippen molar-refractivity contribution in [1.29, 1.82) is 0 Å². The summed E-state index contributed by atoms with van der Waals surface area (Å²) in [5.74, 6) is 0.0299. The number of aliphatic hydroxyl groups excluding tert-OH is 1. The molecule has 2 aliphatic rings. The summed E-state index contributed by atoms with van der Waals surface area (Å²) in [6, 6.07) is 0. The van der Waals surface area contributed by atoms with Crippen molar-refractivity contribution in [2.45, 2.75) is 51.6 Å². The third-order valence-electron chi connectivity index (χ3n) is 5.26. The molecule has 1 aliphatic heterocycles. The molecule has 2 atom stereocenters. The number of nitrogens with one attached hydrogen (secondary N) is 1. The number of nitrogens with two attached hydrogens (primary N) is 1. The van der Waals surface area contributed by atoms with E-state index in [1.165, 1.54) is 0 Å². The summed E-state index contributed by atoms with van der Waals surface area (Å²) in [5, 5.41) is 13.2. The largest absolute Gasteiger partial charge is 0.392 e. The number of aliphatic hydroxyl groups is 1. The molecular formula is C15H29ClN2O3. The first-order valence-electron chi connectivity index (χ1n) is 7.77. The van der Waals surface area contributed by atoms with Crippen LogP contribution >= 0.6 is 12.4 Å². The lowest BCUT2D eigenvalue weighted by molar-refractivity contribution is -0.137. The predicted molar refractivity (Wildman–Crippen MR) is 84.4 cm³/mol. The molecule has 0 bridgehead atoms. The summed E-state index contributed by atoms with van der Waals surface area (Å²) in [4.78, 5) is 12.5. The molecule has 0 aromatic rings. The predicted octanol–water partition coefficient (Wildman–Crippen LogP) is 1.22. The van der Waals surface area contributed by atoms with Crippen LogP contribution in [0.5, 0.6) is 0 Å². The number of carbonyl (C=O) groups excluding carboxylic acids is 1. The van der Waals surface area contributed by atoms with Crippen LogP contribution < -0.4 is 11.1 Å². The van der Waals surface area contributed by atoms with E-state index < -0.39 is 5.41 Å². The van der Waals surface area contributed by atoms with Crippen LogP contribution in [0.1, 0.15) is 45.4 Å². The smallest absolute Gasteiger partial charge is 0.227 e. The molecule has 0 radical (unpaired) electrons. The molecule has 2 rings (SSSR count). The van der Waals surface area contributed by atoms with E-state index in [9.17, 15) is 9.90 Å². The quantitative estimate of drug-likeness (QED) is 0.727. The Kier molecular flexibility index (Phi) is 6.91. The maximum Gasteiger partial charge on any atom is 0.227 e. The average Bonchev–Trinajstić information content (AvgIpc) is 2.49. The van der Waals surface area contributed by atoms with E-state index in [-0.39, 0.29) is 29.8 Å². The Morgan fingerprint density at radius 3 is 2.57 bits per heavy atom. The number of ether oxygens (including phenoxy) is 1. The van der Waals surface area contributed by atoms with Gasteiger partial charge in [-0.15, -0.1) is 12.4 Å². The molecule has 2 fully saturated rings. The van der Waals surface area contributed by atoms with Gasteiger partial charge in [0.1, 0.15) is 0 Å². The minimum atomic E-state index is -0.478. The van der Waals surface area contributed by atoms with Gasteiger partial charge in [-0.25, -0.2) is 0 Å². The van der Waals surface area contributed by atoms with E-state index in [0.717, 1.165) is 25.7 Å². The molecule has 4 N–H and O–H groups in total. The Hall–Kier alpha value is -0.360. The normalized spacial score (nSPS) is 32.0. The fraction of sp³-hybridized carbons (Fsp3) is 0.933. The Morgan fingerprint density at radius 1 is 1.33 bits per heavy atom. The van der Waals surface area contributed by atoms with Gasteiger partial charge in [-0.2, -0.15) is 0 Å². The van der Waals surface area contributed by atoms with Gasteiger partial charge in [0.05, 0.1) is 11.5 Å². The van der Waals surface area contributed by atoms with Gasteiger partial charge in [0.2, 0.25) is 5.91 Å². The van der Waals surface area contributed by atoms with Gasteiger partial charge >= 0.3 is 0 Å². The fourth-order valence-corrected chi connectivity index (χ4v) is 3.34. The van der Waals surface area contributed by atoms with E-state index in [1.54, 1.807) is 0 Å². The molecule has 0 aromatic heterocycles. The number of halogens is 1. The van der Waals surface area contributed by atoms with Crippen LogP contribution in [0.4, 0.5) is 0 Å². The fourth-order valence-electron chi connectivity index (χ4n) is 3.34. The molecule has 1 aliphatic carbocycles. The Bertz CT molecular complexity index is 348. The first-order valence-corrected chi connectivity index (χ1v) is 7.77. The number of hydrogen-bond acceptors (Lipinski definition) is 4. The van der Waals surface area contributed by atoms with Crippen molar-refractivity contribution in [3.8, 4) is 0 Å². The van der Waals surface area contributed by atoms with Gasteiger partial charge in [-0.05, 0) is 25.7 Å². The van der Waals surface area contributed by atoms with Crippen molar-refractivity contribution < 1.29 is 14.6 Å². The first-order chi connectivity index (χ1) is 9.52. The molecule has 21 heavy (non-hydrogen) atoms. The molecule has 0 spiro atoms. The average molecular weight is 321 g/mol. The highest BCUT2D eigenvalue weighted by Gasteiger charge is 2.41. The van der Waals surface area contributed by atoms with Gasteiger partial charge in [0, 0.05) is 31.7 Å². The number of carbonyl (C=O) groups is 1. The number of rotatable bonds is 4. The van der Waals surface area contributed by atoms with Crippen LogP contribution in [0.3, 0.4) is 0 Å². The van der Waals surface area contributed by atoms with Crippen molar-refractivity contribution in [3.05, 3.63) is 0 Å². The van der Waals surface area contributed by atoms with Crippen molar-refractivity contribution in [2.24, 2.45) is 16.6 Å². The second kappa shape index (κ2) is 7.77. The zero-order valence-corrected chi connectivity index (χ0v) is 13.7. The Morgan fingerprint density at radius 2 is 2.00 bits per heavy atom. The lowest BCUT2D eigenvalue weighted by Gasteiger charge is -2.40. The molecule has 5 nitrogen and oxygen atoms in total. The molecular weight excluding hydrogens is 292 g/mol. The third-order valence-corrected chi connectivity index (χ3v) is 5.26. The number of hydrogen-bond donors (Lipinski definition) is 3. The summed E-state index contributed by atoms with van der Waals surface area (Å²) in [6.45, 7) is 4.17. The third kappa shape index (κ3) is 4.09. The standard InChI is InChI=1S/C15H28N2O3.ClH/c1-14(5-3-2-4-12(14)18)11-17-13(19)15(10-16)6-8-20-9-7-15;/h12,18H,2-11,16H2,1H3,(H,17,19);1H. The summed E-state index contributed by atoms with van der Waals surface area (Å²) < 4.78 is 5.33. The molecule has 1 heterocycles. The van der Waals surface area contributed by atoms with Gasteiger partial charge in [-0.3, -0.25) is 4.79 Å². The van der Waals surface area contributed by atoms with Crippen LogP contribution in [-0.4, -0.2) is 43.4 Å². The van der Waals surface area contributed by atoms with Crippen molar-refractivity contribution in [3.63, 3.8) is 0 Å². The molecule has 1 saturated heterocycles. The topological polar surface area (TPSA) is 84.6 Å². The van der Waals surface area contributed by atoms with Crippen LogP contribution in [0.2, 0.25) is 0 Å². The zero-order valence-electron chi connectivity index (χ0n) is 12.9. The van der Waals surface area contributed by atoms with E-state index in [2.05, 4.69) is 12.2 Å². The summed E-state index contributed by atoms with van der Waals surface area (Å²) in [6.07, 6.45) is 5.06. The van der Waals surface area contributed by atoms with Gasteiger partial charge in [0.15, 0.2) is 0 Å². The maximum atomic E-state index is 12.5. The number of amides is 1. The Labute approximate surface area is 133 Å². The minimum Gasteiger partial charge on any atom is -0.392 e. The van der Waals surface area contributed by atoms with Gasteiger partial charge in [-0.1, -0.05) is 19.8 Å². The van der Waals surface area contributed by atoms with Crippen molar-refractivity contribution in [1.82, 2.24) is 5.32 Å². The minimum absolute atomic E-state index is 0. The molecule has 0 aromatic carbocycles. The van der Waals surface area contributed by atoms with E-state index in [0.29, 0.717) is 39.1 Å². The van der Waals surface area contributed by atoms with Gasteiger partial charge in [0.25, 0.3) is 0 Å². The van der Waals surface area contributed by atoms with E-state index in [1.807, 2.05) is 0 Å². The lowest BCUT2D eigenvalue weighted by Crippen LogP contribution is -2.53.